The molecule has 1 aromatic heterocycles. The van der Waals surface area contributed by atoms with E-state index in [2.05, 4.69) is 15.3 Å². The zero-order valence-electron chi connectivity index (χ0n) is 13.9. The molecule has 9 heteroatoms. The van der Waals surface area contributed by atoms with Crippen LogP contribution >= 0.6 is 0 Å². The van der Waals surface area contributed by atoms with E-state index in [1.54, 1.807) is 0 Å². The van der Waals surface area contributed by atoms with Gasteiger partial charge in [0, 0.05) is 0 Å². The number of carboxylic acids is 1. The van der Waals surface area contributed by atoms with Crippen molar-refractivity contribution >= 4 is 11.9 Å². The van der Waals surface area contributed by atoms with Crippen molar-refractivity contribution in [3.05, 3.63) is 59.2 Å². The molecule has 0 radical (unpaired) electrons. The molecule has 1 unspecified atom stereocenters. The van der Waals surface area contributed by atoms with Crippen LogP contribution in [0.15, 0.2) is 36.7 Å². The Morgan fingerprint density at radius 1 is 1.04 bits per heavy atom. The first-order chi connectivity index (χ1) is 12.1. The van der Waals surface area contributed by atoms with E-state index >= 15 is 0 Å². The largest absolute Gasteiger partial charge is 0.476 e. The highest BCUT2D eigenvalue weighted by atomic mass is 19.4. The number of alkyl halides is 3. The van der Waals surface area contributed by atoms with Crippen molar-refractivity contribution in [1.82, 2.24) is 15.3 Å². The summed E-state index contributed by atoms with van der Waals surface area (Å²) in [6, 6.07) is 3.99. The molecule has 2 N–H and O–H groups in total. The first-order valence-corrected chi connectivity index (χ1v) is 7.63. The third-order valence-corrected chi connectivity index (χ3v) is 3.65. The van der Waals surface area contributed by atoms with Gasteiger partial charge in [0.05, 0.1) is 24.0 Å². The summed E-state index contributed by atoms with van der Waals surface area (Å²) in [5, 5.41) is 11.5. The standard InChI is InChI=1S/C17H16F3N3O3/c1-9(2)14(10-3-5-11(6-4-10)17(18,19)20)23-15(24)12-7-22-13(8-21-12)16(25)26/h3-9,14H,1-2H3,(H,23,24)(H,25,26). The van der Waals surface area contributed by atoms with Crippen LogP contribution in [0.3, 0.4) is 0 Å². The van der Waals surface area contributed by atoms with Crippen molar-refractivity contribution in [2.24, 2.45) is 5.92 Å². The number of hydrogen-bond donors (Lipinski definition) is 2. The van der Waals surface area contributed by atoms with Gasteiger partial charge in [-0.2, -0.15) is 13.2 Å². The fourth-order valence-corrected chi connectivity index (χ4v) is 2.29. The molecule has 1 heterocycles. The summed E-state index contributed by atoms with van der Waals surface area (Å²) in [4.78, 5) is 30.4. The Morgan fingerprint density at radius 2 is 1.58 bits per heavy atom. The van der Waals surface area contributed by atoms with Gasteiger partial charge < -0.3 is 10.4 Å². The minimum absolute atomic E-state index is 0.0902. The van der Waals surface area contributed by atoms with Gasteiger partial charge in [-0.05, 0) is 23.6 Å². The Morgan fingerprint density at radius 3 is 2.00 bits per heavy atom. The number of nitrogens with zero attached hydrogens (tertiary/aromatic N) is 2. The number of benzene rings is 1. The normalized spacial score (nSPS) is 12.7. The van der Waals surface area contributed by atoms with Crippen molar-refractivity contribution < 1.29 is 27.9 Å². The Balaban J connectivity index is 2.19. The first kappa shape index (κ1) is 19.4. The van der Waals surface area contributed by atoms with Gasteiger partial charge in [0.2, 0.25) is 0 Å². The molecule has 1 aromatic carbocycles. The summed E-state index contributed by atoms with van der Waals surface area (Å²) in [6.45, 7) is 3.61. The number of carbonyl (C=O) groups is 2. The van der Waals surface area contributed by atoms with E-state index in [0.29, 0.717) is 5.56 Å². The van der Waals surface area contributed by atoms with Crippen LogP contribution in [0.5, 0.6) is 0 Å². The predicted molar refractivity (Wildman–Crippen MR) is 85.5 cm³/mol. The smallest absolute Gasteiger partial charge is 0.416 e. The Kier molecular flexibility index (Phi) is 5.59. The quantitative estimate of drug-likeness (QED) is 0.846. The van der Waals surface area contributed by atoms with Gasteiger partial charge in [-0.1, -0.05) is 26.0 Å². The molecule has 0 aliphatic heterocycles. The number of carboxylic acid groups (broad SMARTS) is 1. The molecule has 138 valence electrons. The lowest BCUT2D eigenvalue weighted by molar-refractivity contribution is -0.137. The van der Waals surface area contributed by atoms with Crippen LogP contribution in [0.4, 0.5) is 13.2 Å². The zero-order chi connectivity index (χ0) is 19.5. The second kappa shape index (κ2) is 7.51. The van der Waals surface area contributed by atoms with E-state index < -0.39 is 29.7 Å². The summed E-state index contributed by atoms with van der Waals surface area (Å²) < 4.78 is 38.0. The van der Waals surface area contributed by atoms with Crippen molar-refractivity contribution in [2.45, 2.75) is 26.1 Å². The van der Waals surface area contributed by atoms with E-state index in [9.17, 15) is 22.8 Å². The van der Waals surface area contributed by atoms with Crippen molar-refractivity contribution in [1.29, 1.82) is 0 Å². The van der Waals surface area contributed by atoms with E-state index in [-0.39, 0.29) is 17.3 Å². The molecule has 0 bridgehead atoms. The zero-order valence-corrected chi connectivity index (χ0v) is 13.9. The van der Waals surface area contributed by atoms with Gasteiger partial charge in [-0.15, -0.1) is 0 Å². The number of hydrogen-bond acceptors (Lipinski definition) is 4. The number of carbonyl (C=O) groups excluding carboxylic acids is 1. The second-order valence-electron chi connectivity index (χ2n) is 5.91. The summed E-state index contributed by atoms with van der Waals surface area (Å²) in [6.07, 6.45) is -2.45. The lowest BCUT2D eigenvalue weighted by Gasteiger charge is -2.23. The maximum absolute atomic E-state index is 12.7. The van der Waals surface area contributed by atoms with Crippen LogP contribution in [-0.2, 0) is 6.18 Å². The number of halogens is 3. The summed E-state index contributed by atoms with van der Waals surface area (Å²) in [5.41, 5.74) is -0.654. The topological polar surface area (TPSA) is 92.2 Å². The fourth-order valence-electron chi connectivity index (χ4n) is 2.29. The molecule has 0 fully saturated rings. The summed E-state index contributed by atoms with van der Waals surface area (Å²) in [7, 11) is 0. The number of aromatic carboxylic acids is 1. The Bertz CT molecular complexity index is 788. The van der Waals surface area contributed by atoms with E-state index in [0.717, 1.165) is 24.5 Å². The van der Waals surface area contributed by atoms with Gasteiger partial charge in [0.1, 0.15) is 5.69 Å². The molecule has 2 aromatic rings. The monoisotopic (exact) mass is 367 g/mol. The van der Waals surface area contributed by atoms with Crippen LogP contribution in [0.25, 0.3) is 0 Å². The Labute approximate surface area is 147 Å². The van der Waals surface area contributed by atoms with E-state index in [4.69, 9.17) is 5.11 Å². The van der Waals surface area contributed by atoms with Gasteiger partial charge in [-0.3, -0.25) is 4.79 Å². The van der Waals surface area contributed by atoms with Crippen molar-refractivity contribution in [3.8, 4) is 0 Å². The average molecular weight is 367 g/mol. The predicted octanol–water partition coefficient (Wildman–Crippen LogP) is 3.32. The number of amides is 1. The second-order valence-corrected chi connectivity index (χ2v) is 5.91. The number of aromatic nitrogens is 2. The van der Waals surface area contributed by atoms with Gasteiger partial charge in [0.25, 0.3) is 5.91 Å². The molecule has 0 saturated heterocycles. The molecule has 0 saturated carbocycles. The third kappa shape index (κ3) is 4.56. The third-order valence-electron chi connectivity index (χ3n) is 3.65. The van der Waals surface area contributed by atoms with Gasteiger partial charge >= 0.3 is 12.1 Å². The summed E-state index contributed by atoms with van der Waals surface area (Å²) >= 11 is 0. The highest BCUT2D eigenvalue weighted by Crippen LogP contribution is 2.31. The van der Waals surface area contributed by atoms with Crippen molar-refractivity contribution in [3.63, 3.8) is 0 Å². The first-order valence-electron chi connectivity index (χ1n) is 7.63. The lowest BCUT2D eigenvalue weighted by Crippen LogP contribution is -2.32. The van der Waals surface area contributed by atoms with Gasteiger partial charge in [0.15, 0.2) is 5.69 Å². The van der Waals surface area contributed by atoms with E-state index in [1.807, 2.05) is 13.8 Å². The summed E-state index contributed by atoms with van der Waals surface area (Å²) in [5.74, 6) is -1.98. The minimum atomic E-state index is -4.43. The lowest BCUT2D eigenvalue weighted by atomic mass is 9.95. The van der Waals surface area contributed by atoms with Crippen LogP contribution in [-0.4, -0.2) is 27.0 Å². The molecule has 0 spiro atoms. The van der Waals surface area contributed by atoms with Crippen LogP contribution in [0.1, 0.15) is 52.0 Å². The highest BCUT2D eigenvalue weighted by Gasteiger charge is 2.30. The van der Waals surface area contributed by atoms with E-state index in [1.165, 1.54) is 12.1 Å². The molecular weight excluding hydrogens is 351 g/mol. The molecule has 0 aliphatic carbocycles. The van der Waals surface area contributed by atoms with Crippen LogP contribution in [0.2, 0.25) is 0 Å². The minimum Gasteiger partial charge on any atom is -0.476 e. The molecule has 26 heavy (non-hydrogen) atoms. The maximum atomic E-state index is 12.7. The SMILES string of the molecule is CC(C)C(NC(=O)c1cnc(C(=O)O)cn1)c1ccc(C(F)(F)F)cc1. The molecule has 2 rings (SSSR count). The molecule has 0 aliphatic rings. The average Bonchev–Trinajstić information content (AvgIpc) is 2.58. The maximum Gasteiger partial charge on any atom is 0.416 e. The molecule has 1 atom stereocenters. The van der Waals surface area contributed by atoms with Crippen molar-refractivity contribution in [2.75, 3.05) is 0 Å². The molecular formula is C17H16F3N3O3. The highest BCUT2D eigenvalue weighted by molar-refractivity contribution is 5.93. The number of nitrogens with one attached hydrogen (secondary N) is 1. The van der Waals surface area contributed by atoms with Crippen LogP contribution < -0.4 is 5.32 Å². The number of rotatable bonds is 5. The van der Waals surface area contributed by atoms with Gasteiger partial charge in [-0.25, -0.2) is 14.8 Å². The van der Waals surface area contributed by atoms with Crippen LogP contribution in [0, 0.1) is 5.92 Å². The Hall–Kier alpha value is -2.97. The fraction of sp³-hybridized carbons (Fsp3) is 0.294. The molecule has 6 nitrogen and oxygen atoms in total. The molecule has 1 amide bonds.